The van der Waals surface area contributed by atoms with Gasteiger partial charge in [0, 0.05) is 34.0 Å². The molecule has 0 aliphatic heterocycles. The number of nitrogens with two attached hydrogens (primary N) is 1. The van der Waals surface area contributed by atoms with Gasteiger partial charge in [0.05, 0.1) is 6.54 Å². The van der Waals surface area contributed by atoms with Gasteiger partial charge in [0.2, 0.25) is 0 Å². The number of aromatic nitrogens is 1. The lowest BCUT2D eigenvalue weighted by Crippen LogP contribution is -2.23. The molecule has 2 aromatic rings. The summed E-state index contributed by atoms with van der Waals surface area (Å²) in [6, 6.07) is 6.37. The molecule has 102 valence electrons. The number of thiophene rings is 1. The third-order valence-corrected chi connectivity index (χ3v) is 4.47. The lowest BCUT2D eigenvalue weighted by molar-refractivity contribution is 0.730. The van der Waals surface area contributed by atoms with E-state index in [4.69, 9.17) is 5.73 Å². The molecule has 2 aromatic heterocycles. The van der Waals surface area contributed by atoms with E-state index in [-0.39, 0.29) is 6.04 Å². The van der Waals surface area contributed by atoms with Crippen LogP contribution in [0.1, 0.15) is 17.4 Å². The van der Waals surface area contributed by atoms with Crippen LogP contribution in [0.5, 0.6) is 0 Å². The van der Waals surface area contributed by atoms with Gasteiger partial charge in [0.1, 0.15) is 5.82 Å². The van der Waals surface area contributed by atoms with Crippen molar-refractivity contribution in [2.75, 3.05) is 11.9 Å². The minimum absolute atomic E-state index is 0.146. The molecule has 0 spiro atoms. The van der Waals surface area contributed by atoms with E-state index in [1.807, 2.05) is 19.2 Å². The Bertz CT molecular complexity index is 539. The molecule has 0 amide bonds. The lowest BCUT2D eigenvalue weighted by Gasteiger charge is -2.21. The van der Waals surface area contributed by atoms with Crippen LogP contribution in [0.2, 0.25) is 0 Å². The maximum absolute atomic E-state index is 5.90. The number of rotatable bonds is 5. The smallest absolute Gasteiger partial charge is 0.131 e. The predicted molar refractivity (Wildman–Crippen MR) is 85.7 cm³/mol. The summed E-state index contributed by atoms with van der Waals surface area (Å²) < 4.78 is 1.14. The van der Waals surface area contributed by atoms with Crippen LogP contribution in [0.25, 0.3) is 0 Å². The van der Waals surface area contributed by atoms with E-state index in [0.29, 0.717) is 0 Å². The number of pyridine rings is 1. The van der Waals surface area contributed by atoms with Crippen molar-refractivity contribution in [2.24, 2.45) is 5.73 Å². The fraction of sp³-hybridized carbons (Fsp3) is 0.357. The van der Waals surface area contributed by atoms with Crippen molar-refractivity contribution in [1.29, 1.82) is 0 Å². The standard InChI is InChI=1S/C14H18BrN3S/c1-10(16)6-11-4-3-5-17-14(11)18(2)8-13-7-12(15)9-19-13/h3-5,7,9-10H,6,8,16H2,1-2H3. The van der Waals surface area contributed by atoms with Gasteiger partial charge in [0.25, 0.3) is 0 Å². The van der Waals surface area contributed by atoms with Gasteiger partial charge >= 0.3 is 0 Å². The van der Waals surface area contributed by atoms with Gasteiger partial charge in [-0.3, -0.25) is 0 Å². The van der Waals surface area contributed by atoms with Crippen molar-refractivity contribution in [3.8, 4) is 0 Å². The second-order valence-electron chi connectivity index (χ2n) is 4.75. The molecule has 0 fully saturated rings. The molecule has 5 heteroatoms. The summed E-state index contributed by atoms with van der Waals surface area (Å²) in [7, 11) is 2.07. The summed E-state index contributed by atoms with van der Waals surface area (Å²) in [6.07, 6.45) is 2.68. The first-order chi connectivity index (χ1) is 9.06. The Kier molecular flexibility index (Phi) is 4.96. The van der Waals surface area contributed by atoms with Crippen LogP contribution in [0.4, 0.5) is 5.82 Å². The van der Waals surface area contributed by atoms with Gasteiger partial charge in [-0.15, -0.1) is 11.3 Å². The van der Waals surface area contributed by atoms with Crippen LogP contribution in [0.15, 0.2) is 34.2 Å². The highest BCUT2D eigenvalue weighted by molar-refractivity contribution is 9.10. The van der Waals surface area contributed by atoms with E-state index >= 15 is 0 Å². The quantitative estimate of drug-likeness (QED) is 0.907. The molecule has 2 rings (SSSR count). The van der Waals surface area contributed by atoms with Gasteiger partial charge in [-0.1, -0.05) is 6.07 Å². The molecule has 1 unspecified atom stereocenters. The van der Waals surface area contributed by atoms with Crippen LogP contribution < -0.4 is 10.6 Å². The average molecular weight is 340 g/mol. The monoisotopic (exact) mass is 339 g/mol. The minimum Gasteiger partial charge on any atom is -0.354 e. The van der Waals surface area contributed by atoms with Crippen LogP contribution in [-0.4, -0.2) is 18.1 Å². The molecule has 0 aromatic carbocycles. The number of anilines is 1. The van der Waals surface area contributed by atoms with Gasteiger partial charge in [-0.05, 0) is 47.0 Å². The van der Waals surface area contributed by atoms with E-state index in [2.05, 4.69) is 50.4 Å². The Labute approximate surface area is 126 Å². The number of halogens is 1. The van der Waals surface area contributed by atoms with Crippen LogP contribution in [0.3, 0.4) is 0 Å². The normalized spacial score (nSPS) is 12.4. The second kappa shape index (κ2) is 6.50. The maximum Gasteiger partial charge on any atom is 0.131 e. The molecule has 2 N–H and O–H groups in total. The molecular formula is C14H18BrN3S. The molecule has 0 saturated heterocycles. The number of nitrogens with zero attached hydrogens (tertiary/aromatic N) is 2. The van der Waals surface area contributed by atoms with Crippen molar-refractivity contribution in [3.63, 3.8) is 0 Å². The number of hydrogen-bond donors (Lipinski definition) is 1. The fourth-order valence-corrected chi connectivity index (χ4v) is 3.53. The summed E-state index contributed by atoms with van der Waals surface area (Å²) in [5, 5.41) is 2.10. The van der Waals surface area contributed by atoms with Crippen molar-refractivity contribution in [1.82, 2.24) is 4.98 Å². The molecule has 3 nitrogen and oxygen atoms in total. The van der Waals surface area contributed by atoms with E-state index in [1.165, 1.54) is 10.4 Å². The van der Waals surface area contributed by atoms with Crippen molar-refractivity contribution < 1.29 is 0 Å². The Morgan fingerprint density at radius 1 is 1.53 bits per heavy atom. The Morgan fingerprint density at radius 2 is 2.32 bits per heavy atom. The first kappa shape index (κ1) is 14.5. The molecule has 0 aliphatic carbocycles. The minimum atomic E-state index is 0.146. The molecule has 0 bridgehead atoms. The summed E-state index contributed by atoms with van der Waals surface area (Å²) in [5.41, 5.74) is 7.10. The van der Waals surface area contributed by atoms with Crippen molar-refractivity contribution in [3.05, 3.63) is 44.7 Å². The summed E-state index contributed by atoms with van der Waals surface area (Å²) in [6.45, 7) is 2.88. The highest BCUT2D eigenvalue weighted by Gasteiger charge is 2.11. The third kappa shape index (κ3) is 4.03. The number of hydrogen-bond acceptors (Lipinski definition) is 4. The van der Waals surface area contributed by atoms with Gasteiger partial charge in [-0.2, -0.15) is 0 Å². The maximum atomic E-state index is 5.90. The van der Waals surface area contributed by atoms with Gasteiger partial charge in [0.15, 0.2) is 0 Å². The first-order valence-corrected chi connectivity index (χ1v) is 7.87. The predicted octanol–water partition coefficient (Wildman–Crippen LogP) is 3.43. The largest absolute Gasteiger partial charge is 0.354 e. The summed E-state index contributed by atoms with van der Waals surface area (Å²) in [5.74, 6) is 1.02. The van der Waals surface area contributed by atoms with E-state index in [9.17, 15) is 0 Å². The lowest BCUT2D eigenvalue weighted by atomic mass is 10.1. The fourth-order valence-electron chi connectivity index (χ4n) is 2.03. The Morgan fingerprint density at radius 3 is 2.95 bits per heavy atom. The zero-order valence-electron chi connectivity index (χ0n) is 11.1. The summed E-state index contributed by atoms with van der Waals surface area (Å²) >= 11 is 5.24. The van der Waals surface area contributed by atoms with Crippen LogP contribution in [-0.2, 0) is 13.0 Å². The Hall–Kier alpha value is -0.910. The van der Waals surface area contributed by atoms with Gasteiger partial charge in [-0.25, -0.2) is 4.98 Å². The Balaban J connectivity index is 2.16. The second-order valence-corrected chi connectivity index (χ2v) is 6.67. The van der Waals surface area contributed by atoms with Gasteiger partial charge < -0.3 is 10.6 Å². The van der Waals surface area contributed by atoms with E-state index < -0.39 is 0 Å². The molecule has 19 heavy (non-hydrogen) atoms. The van der Waals surface area contributed by atoms with E-state index in [0.717, 1.165) is 23.3 Å². The molecule has 1 atom stereocenters. The summed E-state index contributed by atoms with van der Waals surface area (Å²) in [4.78, 5) is 7.99. The molecular weight excluding hydrogens is 322 g/mol. The first-order valence-electron chi connectivity index (χ1n) is 6.20. The highest BCUT2D eigenvalue weighted by atomic mass is 79.9. The average Bonchev–Trinajstić information content (AvgIpc) is 2.74. The van der Waals surface area contributed by atoms with Crippen molar-refractivity contribution in [2.45, 2.75) is 25.9 Å². The zero-order chi connectivity index (χ0) is 13.8. The zero-order valence-corrected chi connectivity index (χ0v) is 13.5. The third-order valence-electron chi connectivity index (χ3n) is 2.79. The van der Waals surface area contributed by atoms with Crippen LogP contribution >= 0.6 is 27.3 Å². The van der Waals surface area contributed by atoms with E-state index in [1.54, 1.807) is 11.3 Å². The van der Waals surface area contributed by atoms with Crippen molar-refractivity contribution >= 4 is 33.1 Å². The van der Waals surface area contributed by atoms with Crippen LogP contribution in [0, 0.1) is 0 Å². The molecule has 0 saturated carbocycles. The SMILES string of the molecule is CC(N)Cc1cccnc1N(C)Cc1cc(Br)cs1. The molecule has 2 heterocycles. The topological polar surface area (TPSA) is 42.1 Å². The highest BCUT2D eigenvalue weighted by Crippen LogP contribution is 2.24. The molecule has 0 aliphatic rings. The molecule has 0 radical (unpaired) electrons.